The topological polar surface area (TPSA) is 69.7 Å². The van der Waals surface area contributed by atoms with Gasteiger partial charge in [0, 0.05) is 6.92 Å². The second kappa shape index (κ2) is 4.74. The van der Waals surface area contributed by atoms with Crippen molar-refractivity contribution in [3.8, 4) is 0 Å². The van der Waals surface area contributed by atoms with E-state index in [1.807, 2.05) is 0 Å². The molecule has 0 aromatic heterocycles. The van der Waals surface area contributed by atoms with E-state index in [9.17, 15) is 14.4 Å². The third-order valence-corrected chi connectivity index (χ3v) is 1.80. The summed E-state index contributed by atoms with van der Waals surface area (Å²) in [6.45, 7) is 3.63. The second-order valence-electron chi connectivity index (χ2n) is 3.32. The zero-order valence-corrected chi connectivity index (χ0v) is 8.75. The lowest BCUT2D eigenvalue weighted by Gasteiger charge is -2.19. The van der Waals surface area contributed by atoms with Gasteiger partial charge < -0.3 is 9.47 Å². The molecule has 0 heterocycles. The fourth-order valence-corrected chi connectivity index (χ4v) is 0.717. The van der Waals surface area contributed by atoms with Gasteiger partial charge in [-0.15, -0.1) is 0 Å². The van der Waals surface area contributed by atoms with Crippen LogP contribution in [0.15, 0.2) is 0 Å². The largest absolute Gasteiger partial charge is 0.468 e. The SMILES string of the molecule is COC(=O)C(C)(C)C(=O)COC(C)=O. The average Bonchev–Trinajstić information content (AvgIpc) is 2.12. The van der Waals surface area contributed by atoms with Gasteiger partial charge in [-0.1, -0.05) is 0 Å². The van der Waals surface area contributed by atoms with Crippen molar-refractivity contribution < 1.29 is 23.9 Å². The van der Waals surface area contributed by atoms with E-state index in [-0.39, 0.29) is 0 Å². The van der Waals surface area contributed by atoms with Crippen LogP contribution >= 0.6 is 0 Å². The number of carbonyl (C=O) groups is 3. The molecule has 0 bridgehead atoms. The molecule has 0 amide bonds. The van der Waals surface area contributed by atoms with Crippen LogP contribution in [-0.4, -0.2) is 31.4 Å². The van der Waals surface area contributed by atoms with Gasteiger partial charge in [0.25, 0.3) is 0 Å². The van der Waals surface area contributed by atoms with Crippen LogP contribution in [0, 0.1) is 5.41 Å². The molecule has 0 aliphatic heterocycles. The van der Waals surface area contributed by atoms with E-state index < -0.39 is 29.7 Å². The molecule has 0 saturated heterocycles. The highest BCUT2D eigenvalue weighted by Crippen LogP contribution is 2.18. The second-order valence-corrected chi connectivity index (χ2v) is 3.32. The van der Waals surface area contributed by atoms with Crippen molar-refractivity contribution in [2.45, 2.75) is 20.8 Å². The first-order chi connectivity index (χ1) is 6.32. The first-order valence-electron chi connectivity index (χ1n) is 4.07. The highest BCUT2D eigenvalue weighted by Gasteiger charge is 2.37. The lowest BCUT2D eigenvalue weighted by atomic mass is 9.88. The van der Waals surface area contributed by atoms with Crippen molar-refractivity contribution in [1.82, 2.24) is 0 Å². The van der Waals surface area contributed by atoms with E-state index in [1.165, 1.54) is 27.9 Å². The van der Waals surface area contributed by atoms with Gasteiger partial charge in [-0.25, -0.2) is 0 Å². The molecule has 0 saturated carbocycles. The van der Waals surface area contributed by atoms with Gasteiger partial charge in [0.1, 0.15) is 5.41 Å². The molecule has 0 aliphatic carbocycles. The van der Waals surface area contributed by atoms with Crippen LogP contribution in [0.1, 0.15) is 20.8 Å². The van der Waals surface area contributed by atoms with E-state index in [1.54, 1.807) is 0 Å². The summed E-state index contributed by atoms with van der Waals surface area (Å²) in [6, 6.07) is 0. The molecule has 0 fully saturated rings. The molecular formula is C9H14O5. The van der Waals surface area contributed by atoms with E-state index >= 15 is 0 Å². The molecule has 0 unspecified atom stereocenters. The lowest BCUT2D eigenvalue weighted by Crippen LogP contribution is -2.37. The number of hydrogen-bond acceptors (Lipinski definition) is 5. The Hall–Kier alpha value is -1.39. The predicted octanol–water partition coefficient (Wildman–Crippen LogP) is 0.318. The van der Waals surface area contributed by atoms with Crippen molar-refractivity contribution in [1.29, 1.82) is 0 Å². The Labute approximate surface area is 82.4 Å². The normalized spacial score (nSPS) is 10.6. The summed E-state index contributed by atoms with van der Waals surface area (Å²) >= 11 is 0. The third-order valence-electron chi connectivity index (χ3n) is 1.80. The van der Waals surface area contributed by atoms with Crippen molar-refractivity contribution >= 4 is 17.7 Å². The molecule has 0 spiro atoms. The maximum atomic E-state index is 11.4. The Morgan fingerprint density at radius 3 is 2.07 bits per heavy atom. The molecule has 80 valence electrons. The maximum Gasteiger partial charge on any atom is 0.318 e. The van der Waals surface area contributed by atoms with Crippen LogP contribution < -0.4 is 0 Å². The third kappa shape index (κ3) is 3.16. The van der Waals surface area contributed by atoms with Gasteiger partial charge in [0.15, 0.2) is 12.4 Å². The van der Waals surface area contributed by atoms with E-state index in [0.717, 1.165) is 0 Å². The zero-order valence-electron chi connectivity index (χ0n) is 8.75. The first kappa shape index (κ1) is 12.6. The summed E-state index contributed by atoms with van der Waals surface area (Å²) in [5.74, 6) is -1.69. The smallest absolute Gasteiger partial charge is 0.318 e. The predicted molar refractivity (Wildman–Crippen MR) is 47.4 cm³/mol. The molecular weight excluding hydrogens is 188 g/mol. The Morgan fingerprint density at radius 2 is 1.71 bits per heavy atom. The Kier molecular flexibility index (Phi) is 4.27. The number of hydrogen-bond donors (Lipinski definition) is 0. The first-order valence-corrected chi connectivity index (χ1v) is 4.07. The molecule has 0 rings (SSSR count). The fraction of sp³-hybridized carbons (Fsp3) is 0.667. The molecule has 0 N–H and O–H groups in total. The molecule has 5 nitrogen and oxygen atoms in total. The summed E-state index contributed by atoms with van der Waals surface area (Å²) in [6.07, 6.45) is 0. The van der Waals surface area contributed by atoms with Crippen molar-refractivity contribution in [2.75, 3.05) is 13.7 Å². The summed E-state index contributed by atoms with van der Waals surface area (Å²) in [5, 5.41) is 0. The number of methoxy groups -OCH3 is 1. The van der Waals surface area contributed by atoms with Crippen molar-refractivity contribution in [2.24, 2.45) is 5.41 Å². The van der Waals surface area contributed by atoms with Crippen LogP contribution in [0.2, 0.25) is 0 Å². The number of carbonyl (C=O) groups excluding carboxylic acids is 3. The number of rotatable bonds is 4. The Morgan fingerprint density at radius 1 is 1.21 bits per heavy atom. The molecule has 5 heteroatoms. The number of ketones is 1. The highest BCUT2D eigenvalue weighted by molar-refractivity contribution is 6.03. The minimum Gasteiger partial charge on any atom is -0.468 e. The number of esters is 2. The Balaban J connectivity index is 4.36. The van der Waals surface area contributed by atoms with Gasteiger partial charge >= 0.3 is 11.9 Å². The highest BCUT2D eigenvalue weighted by atomic mass is 16.5. The minimum absolute atomic E-state index is 0.405. The van der Waals surface area contributed by atoms with Gasteiger partial charge in [0.05, 0.1) is 7.11 Å². The molecule has 0 aromatic carbocycles. The van der Waals surface area contributed by atoms with E-state index in [2.05, 4.69) is 9.47 Å². The standard InChI is InChI=1S/C9H14O5/c1-6(10)14-5-7(11)9(2,3)8(12)13-4/h5H2,1-4H3. The van der Waals surface area contributed by atoms with Gasteiger partial charge in [-0.3, -0.25) is 14.4 Å². The quantitative estimate of drug-likeness (QED) is 0.485. The maximum absolute atomic E-state index is 11.4. The summed E-state index contributed by atoms with van der Waals surface area (Å²) in [4.78, 5) is 33.0. The van der Waals surface area contributed by atoms with Crippen molar-refractivity contribution in [3.05, 3.63) is 0 Å². The number of Topliss-reactive ketones (excluding diaryl/α,β-unsaturated/α-hetero) is 1. The average molecular weight is 202 g/mol. The molecule has 14 heavy (non-hydrogen) atoms. The van der Waals surface area contributed by atoms with E-state index in [4.69, 9.17) is 0 Å². The van der Waals surface area contributed by atoms with Crippen LogP contribution in [0.25, 0.3) is 0 Å². The summed E-state index contributed by atoms with van der Waals surface area (Å²) in [7, 11) is 1.20. The molecule has 0 radical (unpaired) electrons. The van der Waals surface area contributed by atoms with Gasteiger partial charge in [-0.2, -0.15) is 0 Å². The fourth-order valence-electron chi connectivity index (χ4n) is 0.717. The van der Waals surface area contributed by atoms with Crippen LogP contribution in [0.5, 0.6) is 0 Å². The van der Waals surface area contributed by atoms with Gasteiger partial charge in [-0.05, 0) is 13.8 Å². The number of ether oxygens (including phenoxy) is 2. The van der Waals surface area contributed by atoms with Crippen LogP contribution in [0.3, 0.4) is 0 Å². The van der Waals surface area contributed by atoms with Gasteiger partial charge in [0.2, 0.25) is 0 Å². The van der Waals surface area contributed by atoms with Crippen LogP contribution in [-0.2, 0) is 23.9 Å². The summed E-state index contributed by atoms with van der Waals surface area (Å²) < 4.78 is 8.93. The molecule has 0 aromatic rings. The lowest BCUT2D eigenvalue weighted by molar-refractivity contribution is -0.160. The van der Waals surface area contributed by atoms with Crippen molar-refractivity contribution in [3.63, 3.8) is 0 Å². The zero-order chi connectivity index (χ0) is 11.4. The molecule has 0 aliphatic rings. The molecule has 0 atom stereocenters. The minimum atomic E-state index is -1.27. The van der Waals surface area contributed by atoms with Crippen LogP contribution in [0.4, 0.5) is 0 Å². The Bertz CT molecular complexity index is 254. The van der Waals surface area contributed by atoms with E-state index in [0.29, 0.717) is 0 Å². The monoisotopic (exact) mass is 202 g/mol. The summed E-state index contributed by atoms with van der Waals surface area (Å²) in [5.41, 5.74) is -1.27.